The highest BCUT2D eigenvalue weighted by atomic mass is 16.2. The van der Waals surface area contributed by atoms with Crippen molar-refractivity contribution in [2.75, 3.05) is 0 Å². The third kappa shape index (κ3) is 5.82. The Hall–Kier alpha value is -2.83. The summed E-state index contributed by atoms with van der Waals surface area (Å²) in [5, 5.41) is 0. The zero-order chi connectivity index (χ0) is 14.4. The number of hydrogen-bond donors (Lipinski definition) is 0. The van der Waals surface area contributed by atoms with Crippen molar-refractivity contribution in [3.8, 4) is 0 Å². The monoisotopic (exact) mass is 331 g/mol. The first-order valence-corrected chi connectivity index (χ1v) is 5.10. The van der Waals surface area contributed by atoms with E-state index >= 15 is 0 Å². The first-order valence-electron chi connectivity index (χ1n) is 5.10. The highest BCUT2D eigenvalue weighted by Crippen LogP contribution is 1.78. The van der Waals surface area contributed by atoms with Crippen LogP contribution in [0.25, 0.3) is 0 Å². The number of nitrogens with zero attached hydrogens (tertiary/aromatic N) is 5. The molecule has 0 amide bonds. The van der Waals surface area contributed by atoms with Gasteiger partial charge in [0.1, 0.15) is 13.3 Å². The Morgan fingerprint density at radius 3 is 1.30 bits per heavy atom. The molecule has 0 unspecified atom stereocenters. The Kier molecular flexibility index (Phi) is 15.9. The van der Waals surface area contributed by atoms with Crippen LogP contribution in [-0.2, 0) is 29.5 Å². The van der Waals surface area contributed by atoms with E-state index in [0.29, 0.717) is 9.13 Å². The van der Waals surface area contributed by atoms with Crippen LogP contribution in [0.4, 0.5) is 0 Å². The molecule has 1 heterocycles. The van der Waals surface area contributed by atoms with Gasteiger partial charge in [0.25, 0.3) is 0 Å². The largest absolute Gasteiger partial charge is 0.339 e. The third-order valence-electron chi connectivity index (χ3n) is 2.26. The molecule has 0 bridgehead atoms. The van der Waals surface area contributed by atoms with Crippen LogP contribution in [0.2, 0.25) is 0 Å². The Morgan fingerprint density at radius 2 is 1.04 bits per heavy atom. The van der Waals surface area contributed by atoms with E-state index in [1.54, 1.807) is 0 Å². The van der Waals surface area contributed by atoms with Crippen molar-refractivity contribution in [3.05, 3.63) is 31.5 Å². The molecular weight excluding hydrogens is 306 g/mol. The van der Waals surface area contributed by atoms with E-state index in [9.17, 15) is 24.0 Å². The van der Waals surface area contributed by atoms with Crippen LogP contribution in [0.3, 0.4) is 0 Å². The molecule has 0 aliphatic carbocycles. The Bertz CT molecular complexity index is 687. The maximum Gasteiger partial charge on any atom is 0.339 e. The summed E-state index contributed by atoms with van der Waals surface area (Å²) in [5.41, 5.74) is -2.82. The smallest absolute Gasteiger partial charge is 0.247 e. The molecule has 0 radical (unpaired) electrons. The molecule has 10 nitrogen and oxygen atoms in total. The molecule has 0 atom stereocenters. The summed E-state index contributed by atoms with van der Waals surface area (Å²) >= 11 is 0. The van der Waals surface area contributed by atoms with Crippen molar-refractivity contribution in [1.82, 2.24) is 13.7 Å². The lowest BCUT2D eigenvalue weighted by Gasteiger charge is -2.08. The fraction of sp³-hybridized carbons (Fsp3) is 0.615. The van der Waals surface area contributed by atoms with Gasteiger partial charge in [0, 0.05) is 6.54 Å². The van der Waals surface area contributed by atoms with Gasteiger partial charge in [0.15, 0.2) is 0 Å². The van der Waals surface area contributed by atoms with E-state index in [1.807, 2.05) is 0 Å². The Balaban J connectivity index is -0.000000451. The van der Waals surface area contributed by atoms with Crippen molar-refractivity contribution in [3.63, 3.8) is 0 Å². The van der Waals surface area contributed by atoms with E-state index in [1.165, 1.54) is 19.1 Å². The predicted octanol–water partition coefficient (Wildman–Crippen LogP) is 0.323. The molecule has 23 heavy (non-hydrogen) atoms. The van der Waals surface area contributed by atoms with Crippen LogP contribution in [0, 0.1) is 0 Å². The maximum absolute atomic E-state index is 11.8. The average molecular weight is 331 g/mol. The number of aromatic nitrogens is 3. The van der Waals surface area contributed by atoms with Crippen LogP contribution in [0.15, 0.2) is 24.4 Å². The van der Waals surface area contributed by atoms with Gasteiger partial charge in [-0.05, 0) is 6.92 Å². The zero-order valence-corrected chi connectivity index (χ0v) is 9.90. The third-order valence-corrected chi connectivity index (χ3v) is 2.26. The lowest BCUT2D eigenvalue weighted by Crippen LogP contribution is -2.54. The lowest BCUT2D eigenvalue weighted by atomic mass is 10.7. The summed E-state index contributed by atoms with van der Waals surface area (Å²) in [7, 11) is 0. The quantitative estimate of drug-likeness (QED) is 0.567. The van der Waals surface area contributed by atoms with E-state index in [-0.39, 0.29) is 36.3 Å². The number of carbonyl (C=O) groups excluding carboxylic acids is 2. The first kappa shape index (κ1) is 28.3. The molecule has 0 aliphatic heterocycles. The summed E-state index contributed by atoms with van der Waals surface area (Å²) in [4.78, 5) is 61.7. The van der Waals surface area contributed by atoms with Crippen molar-refractivity contribution >= 4 is 12.2 Å². The van der Waals surface area contributed by atoms with Gasteiger partial charge in [0.2, 0.25) is 12.2 Å². The molecule has 0 fully saturated rings. The minimum atomic E-state index is -1.02. The highest BCUT2D eigenvalue weighted by Gasteiger charge is 2.13. The topological polar surface area (TPSA) is 125 Å². The number of rotatable bonds is 5. The molecular formula is C13H25N5O5. The molecule has 0 aromatic carbocycles. The molecule has 0 aliphatic rings. The normalized spacial score (nSPS) is 7.87. The molecule has 0 saturated carbocycles. The van der Waals surface area contributed by atoms with Crippen LogP contribution >= 0.6 is 0 Å². The number of aliphatic imine (C=N–C) groups is 2. The molecule has 0 N–H and O–H groups in total. The van der Waals surface area contributed by atoms with Crippen molar-refractivity contribution in [1.29, 1.82) is 0 Å². The molecule has 1 aromatic rings. The number of hydrogen-bond acceptors (Lipinski definition) is 7. The average Bonchev–Trinajstić information content (AvgIpc) is 2.39. The standard InChI is InChI=1S/C9H9N5O5.4CH4/c1-2-12-7(17)13(3-10-5-15)9(19)14(8(12)18)4-11-6-16;;;;/h2-4H2,1H3;4*1H4. The van der Waals surface area contributed by atoms with Crippen LogP contribution in [0.5, 0.6) is 0 Å². The molecule has 132 valence electrons. The van der Waals surface area contributed by atoms with Crippen molar-refractivity contribution in [2.24, 2.45) is 9.98 Å². The van der Waals surface area contributed by atoms with Crippen LogP contribution in [-0.4, -0.2) is 25.9 Å². The molecule has 0 saturated heterocycles. The molecule has 1 aromatic heterocycles. The minimum Gasteiger partial charge on any atom is -0.247 e. The van der Waals surface area contributed by atoms with Gasteiger partial charge in [-0.2, -0.15) is 9.98 Å². The summed E-state index contributed by atoms with van der Waals surface area (Å²) in [6, 6.07) is 0. The lowest BCUT2D eigenvalue weighted by molar-refractivity contribution is 0.460. The van der Waals surface area contributed by atoms with E-state index < -0.39 is 30.4 Å². The van der Waals surface area contributed by atoms with Gasteiger partial charge in [-0.15, -0.1) is 0 Å². The maximum atomic E-state index is 11.8. The van der Waals surface area contributed by atoms with Gasteiger partial charge in [-0.1, -0.05) is 29.7 Å². The second-order valence-corrected chi connectivity index (χ2v) is 3.23. The summed E-state index contributed by atoms with van der Waals surface area (Å²) in [6.45, 7) is 0.403. The minimum absolute atomic E-state index is 0. The van der Waals surface area contributed by atoms with Gasteiger partial charge in [0.05, 0.1) is 0 Å². The summed E-state index contributed by atoms with van der Waals surface area (Å²) in [5.74, 6) is 0. The predicted molar refractivity (Wildman–Crippen MR) is 88.1 cm³/mol. The highest BCUT2D eigenvalue weighted by molar-refractivity contribution is 5.32. The van der Waals surface area contributed by atoms with Crippen LogP contribution < -0.4 is 17.1 Å². The molecule has 1 rings (SSSR count). The Morgan fingerprint density at radius 1 is 0.739 bits per heavy atom. The summed E-state index contributed by atoms with van der Waals surface area (Å²) < 4.78 is 1.88. The summed E-state index contributed by atoms with van der Waals surface area (Å²) in [6.07, 6.45) is 2.36. The fourth-order valence-electron chi connectivity index (χ4n) is 1.39. The SMILES string of the molecule is C.C.C.C.CCn1c(=O)n(CN=C=O)c(=O)n(CN=C=O)c1=O. The van der Waals surface area contributed by atoms with Gasteiger partial charge < -0.3 is 0 Å². The second kappa shape index (κ2) is 12.9. The van der Waals surface area contributed by atoms with E-state index in [2.05, 4.69) is 9.98 Å². The first-order chi connectivity index (χ1) is 9.08. The van der Waals surface area contributed by atoms with Gasteiger partial charge in [-0.3, -0.25) is 0 Å². The second-order valence-electron chi connectivity index (χ2n) is 3.23. The van der Waals surface area contributed by atoms with Crippen LogP contribution in [0.1, 0.15) is 36.6 Å². The van der Waals surface area contributed by atoms with E-state index in [4.69, 9.17) is 0 Å². The molecule has 10 heteroatoms. The van der Waals surface area contributed by atoms with Crippen molar-refractivity contribution < 1.29 is 9.59 Å². The molecule has 0 spiro atoms. The number of isocyanates is 2. The van der Waals surface area contributed by atoms with Gasteiger partial charge >= 0.3 is 17.1 Å². The fourth-order valence-corrected chi connectivity index (χ4v) is 1.39. The van der Waals surface area contributed by atoms with Crippen molar-refractivity contribution in [2.45, 2.75) is 56.5 Å². The Labute approximate surface area is 134 Å². The zero-order valence-electron chi connectivity index (χ0n) is 9.90. The van der Waals surface area contributed by atoms with E-state index in [0.717, 1.165) is 4.57 Å². The van der Waals surface area contributed by atoms with Gasteiger partial charge in [-0.25, -0.2) is 37.7 Å².